The molecule has 100 valence electrons. The Labute approximate surface area is 106 Å². The molecule has 6 nitrogen and oxygen atoms in total. The fourth-order valence-corrected chi connectivity index (χ4v) is 2.09. The molecule has 1 aliphatic rings. The van der Waals surface area contributed by atoms with Crippen molar-refractivity contribution in [2.24, 2.45) is 0 Å². The predicted octanol–water partition coefficient (Wildman–Crippen LogP) is -0.0253. The highest BCUT2D eigenvalue weighted by atomic mass is 16.5. The minimum absolute atomic E-state index is 0.119. The Morgan fingerprint density at radius 1 is 1.67 bits per heavy atom. The van der Waals surface area contributed by atoms with Gasteiger partial charge in [0.25, 0.3) is 5.56 Å². The van der Waals surface area contributed by atoms with Crippen LogP contribution in [0.4, 0.5) is 5.82 Å². The number of hydrogen-bond acceptors (Lipinski definition) is 5. The monoisotopic (exact) mass is 252 g/mol. The Morgan fingerprint density at radius 3 is 3.33 bits per heavy atom. The van der Waals surface area contributed by atoms with Crippen LogP contribution in [0.25, 0.3) is 0 Å². The molecule has 2 heterocycles. The van der Waals surface area contributed by atoms with Gasteiger partial charge in [0.05, 0.1) is 25.6 Å². The summed E-state index contributed by atoms with van der Waals surface area (Å²) >= 11 is 0. The molecule has 0 amide bonds. The Kier molecular flexibility index (Phi) is 4.72. The summed E-state index contributed by atoms with van der Waals surface area (Å²) in [5.74, 6) is 0.727. The van der Waals surface area contributed by atoms with E-state index in [4.69, 9.17) is 4.74 Å². The first-order valence-corrected chi connectivity index (χ1v) is 6.41. The van der Waals surface area contributed by atoms with E-state index in [1.54, 1.807) is 0 Å². The number of nitrogens with zero attached hydrogens (tertiary/aromatic N) is 2. The van der Waals surface area contributed by atoms with Gasteiger partial charge in [-0.15, -0.1) is 0 Å². The van der Waals surface area contributed by atoms with Gasteiger partial charge < -0.3 is 19.9 Å². The maximum absolute atomic E-state index is 11.3. The van der Waals surface area contributed by atoms with Crippen LogP contribution in [-0.2, 0) is 4.74 Å². The topological polar surface area (TPSA) is 70.2 Å². The SMILES string of the molecule is CCCNCC1COCCN1c1cc(=O)[nH]cn1. The Hall–Kier alpha value is -1.40. The zero-order valence-electron chi connectivity index (χ0n) is 10.7. The van der Waals surface area contributed by atoms with E-state index < -0.39 is 0 Å². The van der Waals surface area contributed by atoms with E-state index in [2.05, 4.69) is 27.1 Å². The molecule has 0 radical (unpaired) electrons. The highest BCUT2D eigenvalue weighted by molar-refractivity contribution is 5.38. The Balaban J connectivity index is 2.05. The summed E-state index contributed by atoms with van der Waals surface area (Å²) in [7, 11) is 0. The lowest BCUT2D eigenvalue weighted by Gasteiger charge is -2.36. The molecule has 0 bridgehead atoms. The van der Waals surface area contributed by atoms with E-state index in [0.29, 0.717) is 13.2 Å². The molecule has 0 aliphatic carbocycles. The molecular formula is C12H20N4O2. The fourth-order valence-electron chi connectivity index (χ4n) is 2.09. The van der Waals surface area contributed by atoms with Gasteiger partial charge in [-0.05, 0) is 13.0 Å². The Morgan fingerprint density at radius 2 is 2.56 bits per heavy atom. The largest absolute Gasteiger partial charge is 0.377 e. The van der Waals surface area contributed by atoms with Gasteiger partial charge in [0.15, 0.2) is 0 Å². The van der Waals surface area contributed by atoms with Crippen LogP contribution in [0.3, 0.4) is 0 Å². The van der Waals surface area contributed by atoms with Crippen molar-refractivity contribution in [2.75, 3.05) is 37.7 Å². The number of H-pyrrole nitrogens is 1. The summed E-state index contributed by atoms with van der Waals surface area (Å²) in [4.78, 5) is 20.2. The van der Waals surface area contributed by atoms with Gasteiger partial charge in [0.2, 0.25) is 0 Å². The van der Waals surface area contributed by atoms with Crippen molar-refractivity contribution in [1.82, 2.24) is 15.3 Å². The molecule has 0 saturated carbocycles. The molecular weight excluding hydrogens is 232 g/mol. The first-order chi connectivity index (χ1) is 8.81. The van der Waals surface area contributed by atoms with Gasteiger partial charge >= 0.3 is 0 Å². The minimum Gasteiger partial charge on any atom is -0.377 e. The summed E-state index contributed by atoms with van der Waals surface area (Å²) in [5.41, 5.74) is -0.119. The van der Waals surface area contributed by atoms with E-state index in [1.807, 2.05) is 0 Å². The van der Waals surface area contributed by atoms with Crippen LogP contribution >= 0.6 is 0 Å². The first-order valence-electron chi connectivity index (χ1n) is 6.41. The lowest BCUT2D eigenvalue weighted by Crippen LogP contribution is -2.51. The third-order valence-corrected chi connectivity index (χ3v) is 2.99. The normalized spacial score (nSPS) is 20.1. The summed E-state index contributed by atoms with van der Waals surface area (Å²) in [5, 5.41) is 3.38. The molecule has 18 heavy (non-hydrogen) atoms. The van der Waals surface area contributed by atoms with Crippen molar-refractivity contribution in [2.45, 2.75) is 19.4 Å². The van der Waals surface area contributed by atoms with Crippen molar-refractivity contribution >= 4 is 5.82 Å². The van der Waals surface area contributed by atoms with Crippen LogP contribution in [0.2, 0.25) is 0 Å². The smallest absolute Gasteiger partial charge is 0.252 e. The van der Waals surface area contributed by atoms with Crippen molar-refractivity contribution in [3.63, 3.8) is 0 Å². The van der Waals surface area contributed by atoms with Crippen LogP contribution in [0.1, 0.15) is 13.3 Å². The molecule has 0 aromatic carbocycles. The molecule has 1 aromatic heterocycles. The summed E-state index contributed by atoms with van der Waals surface area (Å²) < 4.78 is 5.50. The van der Waals surface area contributed by atoms with Crippen LogP contribution < -0.4 is 15.8 Å². The number of morpholine rings is 1. The second-order valence-corrected chi connectivity index (χ2v) is 4.40. The summed E-state index contributed by atoms with van der Waals surface area (Å²) in [6.07, 6.45) is 2.56. The molecule has 2 N–H and O–H groups in total. The first kappa shape index (κ1) is 13.0. The average Bonchev–Trinajstić information content (AvgIpc) is 2.40. The maximum atomic E-state index is 11.3. The quantitative estimate of drug-likeness (QED) is 0.720. The minimum atomic E-state index is -0.119. The molecule has 6 heteroatoms. The van der Waals surface area contributed by atoms with Crippen LogP contribution in [0.5, 0.6) is 0 Å². The zero-order valence-corrected chi connectivity index (χ0v) is 10.7. The summed E-state index contributed by atoms with van der Waals surface area (Å²) in [6.45, 7) is 6.11. The van der Waals surface area contributed by atoms with Crippen molar-refractivity contribution in [3.05, 3.63) is 22.7 Å². The van der Waals surface area contributed by atoms with Crippen molar-refractivity contribution in [3.8, 4) is 0 Å². The van der Waals surface area contributed by atoms with Crippen LogP contribution in [0.15, 0.2) is 17.2 Å². The van der Waals surface area contributed by atoms with E-state index in [0.717, 1.165) is 31.9 Å². The lowest BCUT2D eigenvalue weighted by atomic mass is 10.2. The van der Waals surface area contributed by atoms with E-state index >= 15 is 0 Å². The van der Waals surface area contributed by atoms with Gasteiger partial charge in [0, 0.05) is 19.2 Å². The van der Waals surface area contributed by atoms with Crippen molar-refractivity contribution in [1.29, 1.82) is 0 Å². The number of nitrogens with one attached hydrogen (secondary N) is 2. The molecule has 1 atom stereocenters. The molecule has 0 spiro atoms. The second kappa shape index (κ2) is 6.51. The number of hydrogen-bond donors (Lipinski definition) is 2. The van der Waals surface area contributed by atoms with Gasteiger partial charge in [-0.25, -0.2) is 4.98 Å². The summed E-state index contributed by atoms with van der Waals surface area (Å²) in [6, 6.07) is 1.78. The highest BCUT2D eigenvalue weighted by Gasteiger charge is 2.23. The predicted molar refractivity (Wildman–Crippen MR) is 70.0 cm³/mol. The number of ether oxygens (including phenoxy) is 1. The molecule has 2 rings (SSSR count). The molecule has 1 aromatic rings. The number of rotatable bonds is 5. The molecule has 1 aliphatic heterocycles. The van der Waals surface area contributed by atoms with Crippen LogP contribution in [0, 0.1) is 0 Å². The van der Waals surface area contributed by atoms with Crippen molar-refractivity contribution < 1.29 is 4.74 Å². The Bertz CT molecular complexity index is 421. The van der Waals surface area contributed by atoms with E-state index in [-0.39, 0.29) is 11.6 Å². The molecule has 1 unspecified atom stereocenters. The van der Waals surface area contributed by atoms with Gasteiger partial charge in [-0.3, -0.25) is 4.79 Å². The lowest BCUT2D eigenvalue weighted by molar-refractivity contribution is 0.0933. The number of anilines is 1. The van der Waals surface area contributed by atoms with E-state index in [9.17, 15) is 4.79 Å². The average molecular weight is 252 g/mol. The third-order valence-electron chi connectivity index (χ3n) is 2.99. The third kappa shape index (κ3) is 3.30. The standard InChI is InChI=1S/C12H20N4O2/c1-2-3-13-7-10-8-18-5-4-16(10)11-6-12(17)15-9-14-11/h6,9-10,13H,2-5,7-8H2,1H3,(H,14,15,17). The highest BCUT2D eigenvalue weighted by Crippen LogP contribution is 2.14. The van der Waals surface area contributed by atoms with Gasteiger partial charge in [0.1, 0.15) is 5.82 Å². The molecule has 1 fully saturated rings. The van der Waals surface area contributed by atoms with E-state index in [1.165, 1.54) is 12.4 Å². The maximum Gasteiger partial charge on any atom is 0.252 e. The van der Waals surface area contributed by atoms with Gasteiger partial charge in [-0.2, -0.15) is 0 Å². The fraction of sp³-hybridized carbons (Fsp3) is 0.667. The van der Waals surface area contributed by atoms with Crippen LogP contribution in [-0.4, -0.2) is 48.9 Å². The number of aromatic amines is 1. The zero-order chi connectivity index (χ0) is 12.8. The van der Waals surface area contributed by atoms with Gasteiger partial charge in [-0.1, -0.05) is 6.92 Å². The molecule has 1 saturated heterocycles. The number of aromatic nitrogens is 2. The second-order valence-electron chi connectivity index (χ2n) is 4.40.